The van der Waals surface area contributed by atoms with Crippen LogP contribution in [0.25, 0.3) is 0 Å². The Bertz CT molecular complexity index is 979. The highest BCUT2D eigenvalue weighted by Crippen LogP contribution is 2.16. The van der Waals surface area contributed by atoms with Gasteiger partial charge in [-0.25, -0.2) is 4.39 Å². The maximum absolute atomic E-state index is 13.3. The Hall–Kier alpha value is -3.54. The average Bonchev–Trinajstić information content (AvgIpc) is 2.82. The number of carbonyl (C=O) groups excluding carboxylic acids is 2. The highest BCUT2D eigenvalue weighted by Gasteiger charge is 2.29. The molecule has 0 aliphatic heterocycles. The summed E-state index contributed by atoms with van der Waals surface area (Å²) in [5.41, 5.74) is 2.45. The van der Waals surface area contributed by atoms with Crippen LogP contribution in [0.2, 0.25) is 0 Å². The third-order valence-electron chi connectivity index (χ3n) is 5.01. The molecule has 0 saturated carbocycles. The molecule has 1 unspecified atom stereocenters. The molecule has 1 N–H and O–H groups in total. The van der Waals surface area contributed by atoms with Crippen LogP contribution in [0.4, 0.5) is 4.39 Å². The molecular formula is C25H26FN3O2. The summed E-state index contributed by atoms with van der Waals surface area (Å²) in [4.78, 5) is 31.9. The number of halogens is 1. The number of hydrogen-bond acceptors (Lipinski definition) is 3. The van der Waals surface area contributed by atoms with Gasteiger partial charge in [0.15, 0.2) is 0 Å². The minimum absolute atomic E-state index is 0.141. The topological polar surface area (TPSA) is 62.3 Å². The van der Waals surface area contributed by atoms with Gasteiger partial charge in [-0.05, 0) is 35.4 Å². The molecule has 0 aliphatic carbocycles. The van der Waals surface area contributed by atoms with E-state index in [4.69, 9.17) is 0 Å². The maximum Gasteiger partial charge on any atom is 0.243 e. The zero-order valence-electron chi connectivity index (χ0n) is 17.5. The standard InChI is InChI=1S/C25H26FN3O2/c1-2-24(30)29(18-20-11-13-21(26)14-12-20)23(16-19-8-4-3-5-9-19)25(31)28-17-22-10-6-7-15-27-22/h3-15,23H,2,16-18H2,1H3,(H,28,31). The van der Waals surface area contributed by atoms with Crippen molar-refractivity contribution in [2.24, 2.45) is 0 Å². The molecule has 6 heteroatoms. The SMILES string of the molecule is CCC(=O)N(Cc1ccc(F)cc1)C(Cc1ccccc1)C(=O)NCc1ccccn1. The summed E-state index contributed by atoms with van der Waals surface area (Å²) in [6, 6.07) is 20.4. The lowest BCUT2D eigenvalue weighted by Gasteiger charge is -2.31. The molecule has 1 aromatic heterocycles. The fourth-order valence-electron chi connectivity index (χ4n) is 3.34. The lowest BCUT2D eigenvalue weighted by molar-refractivity contribution is -0.141. The van der Waals surface area contributed by atoms with E-state index in [0.717, 1.165) is 16.8 Å². The van der Waals surface area contributed by atoms with Crippen LogP contribution in [0, 0.1) is 5.82 Å². The summed E-state index contributed by atoms with van der Waals surface area (Å²) in [6.07, 6.45) is 2.31. The van der Waals surface area contributed by atoms with Gasteiger partial charge in [-0.15, -0.1) is 0 Å². The Balaban J connectivity index is 1.85. The molecular weight excluding hydrogens is 393 g/mol. The highest BCUT2D eigenvalue weighted by molar-refractivity contribution is 5.87. The fraction of sp³-hybridized carbons (Fsp3) is 0.240. The van der Waals surface area contributed by atoms with Crippen molar-refractivity contribution in [3.8, 4) is 0 Å². The van der Waals surface area contributed by atoms with E-state index in [1.54, 1.807) is 30.2 Å². The third-order valence-corrected chi connectivity index (χ3v) is 5.01. The number of carbonyl (C=O) groups is 2. The van der Waals surface area contributed by atoms with E-state index in [1.165, 1.54) is 12.1 Å². The van der Waals surface area contributed by atoms with Gasteiger partial charge in [-0.1, -0.05) is 55.5 Å². The first kappa shape index (κ1) is 22.2. The summed E-state index contributed by atoms with van der Waals surface area (Å²) in [5, 5.41) is 2.92. The van der Waals surface area contributed by atoms with E-state index >= 15 is 0 Å². The van der Waals surface area contributed by atoms with Crippen molar-refractivity contribution in [1.82, 2.24) is 15.2 Å². The van der Waals surface area contributed by atoms with E-state index < -0.39 is 6.04 Å². The van der Waals surface area contributed by atoms with E-state index in [0.29, 0.717) is 6.42 Å². The molecule has 5 nitrogen and oxygen atoms in total. The first-order chi connectivity index (χ1) is 15.1. The minimum atomic E-state index is -0.705. The summed E-state index contributed by atoms with van der Waals surface area (Å²) in [5.74, 6) is -0.734. The van der Waals surface area contributed by atoms with E-state index in [-0.39, 0.29) is 37.1 Å². The molecule has 0 bridgehead atoms. The minimum Gasteiger partial charge on any atom is -0.349 e. The van der Waals surface area contributed by atoms with Crippen LogP contribution in [0.5, 0.6) is 0 Å². The zero-order chi connectivity index (χ0) is 22.1. The van der Waals surface area contributed by atoms with Gasteiger partial charge in [-0.2, -0.15) is 0 Å². The molecule has 31 heavy (non-hydrogen) atoms. The second kappa shape index (κ2) is 11.0. The van der Waals surface area contributed by atoms with Gasteiger partial charge in [0.25, 0.3) is 0 Å². The van der Waals surface area contributed by atoms with Crippen molar-refractivity contribution in [1.29, 1.82) is 0 Å². The average molecular weight is 420 g/mol. The number of hydrogen-bond donors (Lipinski definition) is 1. The molecule has 0 spiro atoms. The number of pyridine rings is 1. The van der Waals surface area contributed by atoms with Gasteiger partial charge in [0.2, 0.25) is 11.8 Å². The van der Waals surface area contributed by atoms with Crippen LogP contribution < -0.4 is 5.32 Å². The molecule has 3 rings (SSSR count). The monoisotopic (exact) mass is 419 g/mol. The Morgan fingerprint density at radius 2 is 1.68 bits per heavy atom. The lowest BCUT2D eigenvalue weighted by Crippen LogP contribution is -2.50. The summed E-state index contributed by atoms with van der Waals surface area (Å²) >= 11 is 0. The van der Waals surface area contributed by atoms with Crippen molar-refractivity contribution in [2.75, 3.05) is 0 Å². The van der Waals surface area contributed by atoms with Crippen LogP contribution >= 0.6 is 0 Å². The number of amides is 2. The molecule has 0 fully saturated rings. The molecule has 160 valence electrons. The quantitative estimate of drug-likeness (QED) is 0.572. The van der Waals surface area contributed by atoms with Gasteiger partial charge < -0.3 is 10.2 Å². The summed E-state index contributed by atoms with van der Waals surface area (Å²) in [6.45, 7) is 2.27. The Morgan fingerprint density at radius 1 is 0.968 bits per heavy atom. The Labute approximate surface area is 181 Å². The van der Waals surface area contributed by atoms with Gasteiger partial charge in [0, 0.05) is 25.6 Å². The smallest absolute Gasteiger partial charge is 0.243 e. The molecule has 2 aromatic carbocycles. The number of nitrogens with one attached hydrogen (secondary N) is 1. The zero-order valence-corrected chi connectivity index (χ0v) is 17.5. The van der Waals surface area contributed by atoms with Crippen LogP contribution in [0.3, 0.4) is 0 Å². The van der Waals surface area contributed by atoms with Crippen LogP contribution in [0.15, 0.2) is 79.0 Å². The van der Waals surface area contributed by atoms with Crippen molar-refractivity contribution >= 4 is 11.8 Å². The molecule has 2 amide bonds. The van der Waals surface area contributed by atoms with Crippen molar-refractivity contribution in [3.63, 3.8) is 0 Å². The summed E-state index contributed by atoms with van der Waals surface area (Å²) in [7, 11) is 0. The molecule has 0 radical (unpaired) electrons. The second-order valence-corrected chi connectivity index (χ2v) is 7.25. The number of rotatable bonds is 9. The van der Waals surface area contributed by atoms with Crippen LogP contribution in [-0.4, -0.2) is 27.7 Å². The van der Waals surface area contributed by atoms with Crippen molar-refractivity contribution in [3.05, 3.63) is 102 Å². The van der Waals surface area contributed by atoms with Gasteiger partial charge in [0.05, 0.1) is 12.2 Å². The van der Waals surface area contributed by atoms with Crippen molar-refractivity contribution in [2.45, 2.75) is 38.9 Å². The largest absolute Gasteiger partial charge is 0.349 e. The Morgan fingerprint density at radius 3 is 2.32 bits per heavy atom. The number of aromatic nitrogens is 1. The normalized spacial score (nSPS) is 11.5. The van der Waals surface area contributed by atoms with E-state index in [1.807, 2.05) is 48.5 Å². The molecule has 1 atom stereocenters. The predicted molar refractivity (Wildman–Crippen MR) is 117 cm³/mol. The molecule has 0 saturated heterocycles. The first-order valence-electron chi connectivity index (χ1n) is 10.3. The maximum atomic E-state index is 13.3. The van der Waals surface area contributed by atoms with Crippen LogP contribution in [0.1, 0.15) is 30.2 Å². The number of benzene rings is 2. The van der Waals surface area contributed by atoms with Gasteiger partial charge in [-0.3, -0.25) is 14.6 Å². The van der Waals surface area contributed by atoms with Crippen molar-refractivity contribution < 1.29 is 14.0 Å². The fourth-order valence-corrected chi connectivity index (χ4v) is 3.34. The third kappa shape index (κ3) is 6.47. The molecule has 1 heterocycles. The van der Waals surface area contributed by atoms with Gasteiger partial charge >= 0.3 is 0 Å². The predicted octanol–water partition coefficient (Wildman–Crippen LogP) is 3.89. The number of nitrogens with zero attached hydrogens (tertiary/aromatic N) is 2. The Kier molecular flexibility index (Phi) is 7.87. The lowest BCUT2D eigenvalue weighted by atomic mass is 10.0. The molecule has 0 aliphatic rings. The summed E-state index contributed by atoms with van der Waals surface area (Å²) < 4.78 is 13.3. The first-order valence-corrected chi connectivity index (χ1v) is 10.3. The van der Waals surface area contributed by atoms with Gasteiger partial charge in [0.1, 0.15) is 11.9 Å². The van der Waals surface area contributed by atoms with E-state index in [9.17, 15) is 14.0 Å². The van der Waals surface area contributed by atoms with E-state index in [2.05, 4.69) is 10.3 Å². The molecule has 3 aromatic rings. The second-order valence-electron chi connectivity index (χ2n) is 7.25. The highest BCUT2D eigenvalue weighted by atomic mass is 19.1. The van der Waals surface area contributed by atoms with Crippen LogP contribution in [-0.2, 0) is 29.1 Å².